The minimum atomic E-state index is 0.360. The molecule has 0 aromatic carbocycles. The van der Waals surface area contributed by atoms with Gasteiger partial charge in [-0.15, -0.1) is 0 Å². The molecule has 0 aliphatic carbocycles. The smallest absolute Gasteiger partial charge is 0.222 e. The molecule has 4 rings (SSSR count). The van der Waals surface area contributed by atoms with Crippen LogP contribution in [-0.2, 0) is 9.53 Å². The molecule has 0 unspecified atom stereocenters. The molecule has 0 aromatic rings. The second-order valence-corrected chi connectivity index (χ2v) is 7.99. The van der Waals surface area contributed by atoms with E-state index >= 15 is 0 Å². The van der Waals surface area contributed by atoms with Gasteiger partial charge in [-0.1, -0.05) is 0 Å². The fraction of sp³-hybridized carbons (Fsp3) is 0.842. The summed E-state index contributed by atoms with van der Waals surface area (Å²) >= 11 is 0. The predicted octanol–water partition coefficient (Wildman–Crippen LogP) is 2.79. The number of piperidine rings is 4. The van der Waals surface area contributed by atoms with E-state index < -0.39 is 0 Å². The summed E-state index contributed by atoms with van der Waals surface area (Å²) in [6, 6.07) is 1.15. The van der Waals surface area contributed by atoms with Gasteiger partial charge < -0.3 is 9.64 Å². The second kappa shape index (κ2) is 6.12. The Morgan fingerprint density at radius 2 is 2.00 bits per heavy atom. The SMILES string of the molecule is C/C=C(\C)O[C@H]1CCN2C[C@@H]3C[C@H](CN4C(=O)CCC[C@H]34)[C@@H]2C1. The number of allylic oxidation sites excluding steroid dienone is 2. The van der Waals surface area contributed by atoms with Gasteiger partial charge in [0.25, 0.3) is 0 Å². The molecule has 0 radical (unpaired) electrons. The molecular weight excluding hydrogens is 288 g/mol. The van der Waals surface area contributed by atoms with E-state index in [1.807, 2.05) is 6.92 Å². The molecule has 128 valence electrons. The van der Waals surface area contributed by atoms with E-state index in [0.717, 1.165) is 38.0 Å². The molecule has 4 aliphatic heterocycles. The van der Waals surface area contributed by atoms with Crippen molar-refractivity contribution in [3.8, 4) is 0 Å². The Labute approximate surface area is 139 Å². The zero-order valence-electron chi connectivity index (χ0n) is 14.5. The molecule has 23 heavy (non-hydrogen) atoms. The van der Waals surface area contributed by atoms with Crippen molar-refractivity contribution in [1.29, 1.82) is 0 Å². The van der Waals surface area contributed by atoms with E-state index in [9.17, 15) is 4.79 Å². The minimum Gasteiger partial charge on any atom is -0.495 e. The van der Waals surface area contributed by atoms with Gasteiger partial charge in [-0.2, -0.15) is 0 Å². The average Bonchev–Trinajstić information content (AvgIpc) is 2.56. The Morgan fingerprint density at radius 3 is 2.83 bits per heavy atom. The fourth-order valence-corrected chi connectivity index (χ4v) is 5.49. The fourth-order valence-electron chi connectivity index (χ4n) is 5.49. The molecule has 0 aromatic heterocycles. The first kappa shape index (κ1) is 15.5. The standard InChI is InChI=1S/C19H30N2O2/c1-3-13(2)23-16-7-8-20-11-14-9-15(18(20)10-16)12-21-17(14)5-4-6-19(21)22/h3,14-18H,4-12H2,1-2H3/b13-3+/t14-,15+,16-,17+,18-/m0/s1. The van der Waals surface area contributed by atoms with Crippen molar-refractivity contribution in [2.75, 3.05) is 19.6 Å². The number of hydrogen-bond donors (Lipinski definition) is 0. The average molecular weight is 318 g/mol. The van der Waals surface area contributed by atoms with Crippen LogP contribution >= 0.6 is 0 Å². The van der Waals surface area contributed by atoms with E-state index in [-0.39, 0.29) is 0 Å². The number of nitrogens with zero attached hydrogens (tertiary/aromatic N) is 2. The van der Waals surface area contributed by atoms with Crippen LogP contribution in [0, 0.1) is 11.8 Å². The molecule has 4 fully saturated rings. The van der Waals surface area contributed by atoms with Crippen molar-refractivity contribution in [1.82, 2.24) is 9.80 Å². The highest BCUT2D eigenvalue weighted by atomic mass is 16.5. The lowest BCUT2D eigenvalue weighted by Crippen LogP contribution is -2.65. The first-order valence-electron chi connectivity index (χ1n) is 9.48. The summed E-state index contributed by atoms with van der Waals surface area (Å²) in [5, 5.41) is 0. The Morgan fingerprint density at radius 1 is 1.17 bits per heavy atom. The number of carbonyl (C=O) groups is 1. The number of carbonyl (C=O) groups excluding carboxylic acids is 1. The van der Waals surface area contributed by atoms with Crippen molar-refractivity contribution >= 4 is 5.91 Å². The summed E-state index contributed by atoms with van der Waals surface area (Å²) in [4.78, 5) is 17.3. The lowest BCUT2D eigenvalue weighted by molar-refractivity contribution is -0.150. The largest absolute Gasteiger partial charge is 0.495 e. The normalized spacial score (nSPS) is 41.3. The highest BCUT2D eigenvalue weighted by Gasteiger charge is 2.49. The van der Waals surface area contributed by atoms with Crippen molar-refractivity contribution in [3.05, 3.63) is 11.8 Å². The van der Waals surface area contributed by atoms with Gasteiger partial charge in [-0.05, 0) is 57.4 Å². The van der Waals surface area contributed by atoms with Gasteiger partial charge in [0.05, 0.1) is 5.76 Å². The maximum atomic E-state index is 12.3. The molecular formula is C19H30N2O2. The van der Waals surface area contributed by atoms with Gasteiger partial charge >= 0.3 is 0 Å². The van der Waals surface area contributed by atoms with Gasteiger partial charge in [-0.25, -0.2) is 0 Å². The van der Waals surface area contributed by atoms with Gasteiger partial charge in [0.1, 0.15) is 6.10 Å². The molecule has 4 aliphatic rings. The first-order valence-corrected chi connectivity index (χ1v) is 9.48. The van der Waals surface area contributed by atoms with Crippen molar-refractivity contribution in [2.45, 2.75) is 70.6 Å². The lowest BCUT2D eigenvalue weighted by Gasteiger charge is -2.57. The molecule has 4 nitrogen and oxygen atoms in total. The van der Waals surface area contributed by atoms with Crippen LogP contribution in [0.25, 0.3) is 0 Å². The molecule has 1 amide bonds. The highest BCUT2D eigenvalue weighted by Crippen LogP contribution is 2.43. The molecule has 2 bridgehead atoms. The summed E-state index contributed by atoms with van der Waals surface area (Å²) in [6.07, 6.45) is 9.13. The number of fused-ring (bicyclic) bond motifs is 6. The first-order chi connectivity index (χ1) is 11.2. The zero-order valence-corrected chi connectivity index (χ0v) is 14.5. The van der Waals surface area contributed by atoms with Gasteiger partial charge in [0.2, 0.25) is 5.91 Å². The molecule has 0 N–H and O–H groups in total. The Bertz CT molecular complexity index is 504. The van der Waals surface area contributed by atoms with Crippen LogP contribution in [-0.4, -0.2) is 53.5 Å². The summed E-state index contributed by atoms with van der Waals surface area (Å²) < 4.78 is 6.11. The zero-order chi connectivity index (χ0) is 16.0. The van der Waals surface area contributed by atoms with Crippen LogP contribution in [0.15, 0.2) is 11.8 Å². The quantitative estimate of drug-likeness (QED) is 0.734. The van der Waals surface area contributed by atoms with Crippen LogP contribution in [0.5, 0.6) is 0 Å². The summed E-state index contributed by atoms with van der Waals surface area (Å²) in [5.41, 5.74) is 0. The number of ether oxygens (including phenoxy) is 1. The van der Waals surface area contributed by atoms with Crippen LogP contribution in [0.4, 0.5) is 0 Å². The van der Waals surface area contributed by atoms with Crippen molar-refractivity contribution < 1.29 is 9.53 Å². The molecule has 5 atom stereocenters. The van der Waals surface area contributed by atoms with Crippen molar-refractivity contribution in [3.63, 3.8) is 0 Å². The van der Waals surface area contributed by atoms with Crippen LogP contribution in [0.2, 0.25) is 0 Å². The van der Waals surface area contributed by atoms with Gasteiger partial charge in [-0.3, -0.25) is 9.69 Å². The molecule has 4 saturated heterocycles. The van der Waals surface area contributed by atoms with Gasteiger partial charge in [0, 0.05) is 44.6 Å². The topological polar surface area (TPSA) is 32.8 Å². The Hall–Kier alpha value is -1.03. The molecule has 0 spiro atoms. The van der Waals surface area contributed by atoms with E-state index in [0.29, 0.717) is 35.9 Å². The number of amides is 1. The monoisotopic (exact) mass is 318 g/mol. The molecule has 4 heterocycles. The van der Waals surface area contributed by atoms with E-state index in [1.54, 1.807) is 0 Å². The third-order valence-electron chi connectivity index (χ3n) is 6.68. The van der Waals surface area contributed by atoms with Crippen LogP contribution < -0.4 is 0 Å². The van der Waals surface area contributed by atoms with Crippen molar-refractivity contribution in [2.24, 2.45) is 11.8 Å². The Balaban J connectivity index is 1.48. The third-order valence-corrected chi connectivity index (χ3v) is 6.68. The second-order valence-electron chi connectivity index (χ2n) is 7.99. The third kappa shape index (κ3) is 2.79. The number of hydrogen-bond acceptors (Lipinski definition) is 3. The predicted molar refractivity (Wildman–Crippen MR) is 89.8 cm³/mol. The molecule has 0 saturated carbocycles. The van der Waals surface area contributed by atoms with E-state index in [1.165, 1.54) is 25.9 Å². The summed E-state index contributed by atoms with van der Waals surface area (Å²) in [7, 11) is 0. The number of rotatable bonds is 2. The highest BCUT2D eigenvalue weighted by molar-refractivity contribution is 5.77. The molecule has 4 heteroatoms. The summed E-state index contributed by atoms with van der Waals surface area (Å²) in [6.45, 7) is 7.46. The Kier molecular flexibility index (Phi) is 4.12. The van der Waals surface area contributed by atoms with Crippen LogP contribution in [0.1, 0.15) is 52.4 Å². The van der Waals surface area contributed by atoms with Crippen LogP contribution in [0.3, 0.4) is 0 Å². The van der Waals surface area contributed by atoms with E-state index in [2.05, 4.69) is 22.8 Å². The summed E-state index contributed by atoms with van der Waals surface area (Å²) in [5.74, 6) is 2.83. The van der Waals surface area contributed by atoms with E-state index in [4.69, 9.17) is 4.74 Å². The minimum absolute atomic E-state index is 0.360. The van der Waals surface area contributed by atoms with Gasteiger partial charge in [0.15, 0.2) is 0 Å². The maximum Gasteiger partial charge on any atom is 0.222 e. The maximum absolute atomic E-state index is 12.3. The lowest BCUT2D eigenvalue weighted by atomic mass is 9.70.